The topological polar surface area (TPSA) is 94.2 Å². The molecule has 8 heteroatoms. The zero-order valence-corrected chi connectivity index (χ0v) is 17.3. The van der Waals surface area contributed by atoms with Crippen molar-refractivity contribution in [2.45, 2.75) is 57.5 Å². The van der Waals surface area contributed by atoms with E-state index in [2.05, 4.69) is 29.0 Å². The number of ether oxygens (including phenoxy) is 3. The fraction of sp³-hybridized carbons (Fsp3) is 0.571. The van der Waals surface area contributed by atoms with Gasteiger partial charge in [-0.3, -0.25) is 9.59 Å². The predicted octanol–water partition coefficient (Wildman–Crippen LogP) is 1.01. The molecule has 2 rings (SSSR count). The number of alkyl carbamates (subject to hydrolysis) is 1. The van der Waals surface area contributed by atoms with Crippen molar-refractivity contribution in [1.82, 2.24) is 10.2 Å². The smallest absolute Gasteiger partial charge is 0.407 e. The Morgan fingerprint density at radius 1 is 1.31 bits per heavy atom. The second-order valence-electron chi connectivity index (χ2n) is 7.62. The molecule has 0 aromatic rings. The summed E-state index contributed by atoms with van der Waals surface area (Å²) < 4.78 is 16.1. The maximum Gasteiger partial charge on any atom is 0.407 e. The molecule has 1 aliphatic heterocycles. The van der Waals surface area contributed by atoms with Gasteiger partial charge in [0, 0.05) is 33.5 Å². The van der Waals surface area contributed by atoms with Crippen LogP contribution in [0.5, 0.6) is 0 Å². The van der Waals surface area contributed by atoms with E-state index in [1.54, 1.807) is 32.9 Å². The highest BCUT2D eigenvalue weighted by Crippen LogP contribution is 2.39. The minimum Gasteiger partial charge on any atom is -0.447 e. The summed E-state index contributed by atoms with van der Waals surface area (Å²) in [6.07, 6.45) is 1.77. The van der Waals surface area contributed by atoms with Crippen molar-refractivity contribution in [2.24, 2.45) is 0 Å². The highest BCUT2D eigenvalue weighted by molar-refractivity contribution is 5.94. The lowest BCUT2D eigenvalue weighted by atomic mass is 9.76. The molecule has 2 amide bonds. The lowest BCUT2D eigenvalue weighted by Crippen LogP contribution is -2.78. The molecule has 3 atom stereocenters. The first-order valence-electron chi connectivity index (χ1n) is 9.25. The first kappa shape index (κ1) is 22.3. The fourth-order valence-electron chi connectivity index (χ4n) is 3.19. The van der Waals surface area contributed by atoms with E-state index in [0.29, 0.717) is 0 Å². The second-order valence-corrected chi connectivity index (χ2v) is 7.62. The van der Waals surface area contributed by atoms with Gasteiger partial charge in [0.15, 0.2) is 11.7 Å². The summed E-state index contributed by atoms with van der Waals surface area (Å²) in [5, 5.41) is 2.61. The van der Waals surface area contributed by atoms with Crippen LogP contribution in [0, 0.1) is 23.7 Å². The van der Waals surface area contributed by atoms with Crippen molar-refractivity contribution in [2.75, 3.05) is 20.2 Å². The number of rotatable bonds is 5. The van der Waals surface area contributed by atoms with E-state index in [9.17, 15) is 14.4 Å². The summed E-state index contributed by atoms with van der Waals surface area (Å²) in [5.74, 6) is 10.5. The largest absolute Gasteiger partial charge is 0.447 e. The van der Waals surface area contributed by atoms with Crippen molar-refractivity contribution in [3.63, 3.8) is 0 Å². The van der Waals surface area contributed by atoms with Crippen molar-refractivity contribution in [3.8, 4) is 23.7 Å². The van der Waals surface area contributed by atoms with Gasteiger partial charge in [-0.05, 0) is 32.9 Å². The van der Waals surface area contributed by atoms with Crippen LogP contribution in [0.1, 0.15) is 34.1 Å². The number of hydrogen-bond donors (Lipinski definition) is 1. The lowest BCUT2D eigenvalue weighted by Gasteiger charge is -2.55. The number of likely N-dealkylation sites (tertiary alicyclic amines) is 1. The number of carbonyl (C=O) groups is 3. The maximum atomic E-state index is 12.9. The molecule has 1 N–H and O–H groups in total. The summed E-state index contributed by atoms with van der Waals surface area (Å²) >= 11 is 0. The summed E-state index contributed by atoms with van der Waals surface area (Å²) in [6.45, 7) is 6.89. The number of carbonyl (C=O) groups excluding carboxylic acids is 3. The molecule has 0 bridgehead atoms. The van der Waals surface area contributed by atoms with Gasteiger partial charge < -0.3 is 24.4 Å². The average Bonchev–Trinajstić information content (AvgIpc) is 2.61. The van der Waals surface area contributed by atoms with E-state index in [4.69, 9.17) is 14.2 Å². The Morgan fingerprint density at radius 3 is 2.62 bits per heavy atom. The maximum absolute atomic E-state index is 12.9. The Balaban J connectivity index is 2.19. The van der Waals surface area contributed by atoms with Crippen LogP contribution in [-0.2, 0) is 23.8 Å². The number of amides is 2. The van der Waals surface area contributed by atoms with E-state index in [1.165, 1.54) is 18.9 Å². The molecular weight excluding hydrogens is 376 g/mol. The van der Waals surface area contributed by atoms with Crippen molar-refractivity contribution < 1.29 is 28.6 Å². The zero-order valence-electron chi connectivity index (χ0n) is 17.3. The monoisotopic (exact) mass is 402 g/mol. The SMILES string of the molecule is CO[C@]12CC#C/C=C\C#C[C@@H](OC(C)=O)[C@@H]1N(CCNC(=O)OC(C)(C)C)C2=O. The first-order chi connectivity index (χ1) is 13.6. The van der Waals surface area contributed by atoms with E-state index in [-0.39, 0.29) is 25.4 Å². The Kier molecular flexibility index (Phi) is 6.94. The molecule has 156 valence electrons. The Hall–Kier alpha value is -2.97. The Labute approximate surface area is 170 Å². The molecule has 2 aliphatic rings. The number of esters is 1. The molecule has 1 heterocycles. The molecule has 0 saturated carbocycles. The van der Waals surface area contributed by atoms with Gasteiger partial charge in [0.1, 0.15) is 11.6 Å². The minimum atomic E-state index is -1.26. The van der Waals surface area contributed by atoms with Gasteiger partial charge in [-0.25, -0.2) is 4.79 Å². The zero-order chi connectivity index (χ0) is 21.7. The molecular formula is C21H26N2O6. The minimum absolute atomic E-state index is 0.132. The van der Waals surface area contributed by atoms with Crippen molar-refractivity contribution in [1.29, 1.82) is 0 Å². The third-order valence-corrected chi connectivity index (χ3v) is 4.33. The molecule has 8 nitrogen and oxygen atoms in total. The summed E-state index contributed by atoms with van der Waals surface area (Å²) in [7, 11) is 1.42. The van der Waals surface area contributed by atoms with Gasteiger partial charge in [0.05, 0.1) is 0 Å². The molecule has 0 spiro atoms. The number of β-lactam (4-membered cyclic amide) rings is 1. The van der Waals surface area contributed by atoms with Crippen molar-refractivity contribution >= 4 is 18.0 Å². The highest BCUT2D eigenvalue weighted by atomic mass is 16.6. The van der Waals surface area contributed by atoms with Gasteiger partial charge >= 0.3 is 12.1 Å². The van der Waals surface area contributed by atoms with E-state index in [1.807, 2.05) is 0 Å². The van der Waals surface area contributed by atoms with Gasteiger partial charge in [0.2, 0.25) is 0 Å². The highest BCUT2D eigenvalue weighted by Gasteiger charge is 2.64. The quantitative estimate of drug-likeness (QED) is 0.419. The summed E-state index contributed by atoms with van der Waals surface area (Å²) in [5.41, 5.74) is -1.89. The van der Waals surface area contributed by atoms with E-state index >= 15 is 0 Å². The van der Waals surface area contributed by atoms with Crippen LogP contribution >= 0.6 is 0 Å². The van der Waals surface area contributed by atoms with E-state index < -0.39 is 35.4 Å². The molecule has 1 fully saturated rings. The average molecular weight is 402 g/mol. The number of methoxy groups -OCH3 is 1. The number of nitrogens with one attached hydrogen (secondary N) is 1. The van der Waals surface area contributed by atoms with Crippen LogP contribution in [-0.4, -0.2) is 66.4 Å². The number of fused-ring (bicyclic) bond motifs is 1. The molecule has 0 radical (unpaired) electrons. The van der Waals surface area contributed by atoms with Gasteiger partial charge in [-0.1, -0.05) is 23.7 Å². The third kappa shape index (κ3) is 5.30. The predicted molar refractivity (Wildman–Crippen MR) is 104 cm³/mol. The van der Waals surface area contributed by atoms with Crippen LogP contribution in [0.15, 0.2) is 12.2 Å². The Morgan fingerprint density at radius 2 is 2.00 bits per heavy atom. The van der Waals surface area contributed by atoms with Gasteiger partial charge in [-0.2, -0.15) is 0 Å². The standard InChI is InChI=1S/C21H26N2O6/c1-15(24)28-16-11-9-7-6-8-10-12-21(27-5)17(16)23(18(21)25)14-13-22-19(26)29-20(2,3)4/h6-7,16-17H,12-14H2,1-5H3,(H,22,26)/b7-6-/t16-,17+,21-/m1/s1. The van der Waals surface area contributed by atoms with Crippen LogP contribution < -0.4 is 5.32 Å². The number of allylic oxidation sites excluding steroid dienone is 2. The lowest BCUT2D eigenvalue weighted by molar-refractivity contribution is -0.210. The number of hydrogen-bond acceptors (Lipinski definition) is 6. The first-order valence-corrected chi connectivity index (χ1v) is 9.25. The van der Waals surface area contributed by atoms with Crippen LogP contribution in [0.3, 0.4) is 0 Å². The molecule has 0 aromatic carbocycles. The molecule has 29 heavy (non-hydrogen) atoms. The second kappa shape index (κ2) is 9.02. The summed E-state index contributed by atoms with van der Waals surface area (Å²) in [6, 6.07) is -0.655. The normalized spacial score (nSPS) is 26.4. The Bertz CT molecular complexity index is 820. The molecule has 0 aromatic heterocycles. The van der Waals surface area contributed by atoms with Crippen LogP contribution in [0.2, 0.25) is 0 Å². The molecule has 0 unspecified atom stereocenters. The molecule has 1 aliphatic carbocycles. The van der Waals surface area contributed by atoms with Gasteiger partial charge in [-0.15, -0.1) is 0 Å². The van der Waals surface area contributed by atoms with Crippen LogP contribution in [0.25, 0.3) is 0 Å². The van der Waals surface area contributed by atoms with E-state index in [0.717, 1.165) is 0 Å². The fourth-order valence-corrected chi connectivity index (χ4v) is 3.19. The third-order valence-electron chi connectivity index (χ3n) is 4.33. The van der Waals surface area contributed by atoms with Crippen LogP contribution in [0.4, 0.5) is 4.79 Å². The van der Waals surface area contributed by atoms with Crippen molar-refractivity contribution in [3.05, 3.63) is 12.2 Å². The summed E-state index contributed by atoms with van der Waals surface area (Å²) in [4.78, 5) is 37.9. The number of nitrogens with zero attached hydrogens (tertiary/aromatic N) is 1. The molecule has 1 saturated heterocycles. The van der Waals surface area contributed by atoms with Gasteiger partial charge in [0.25, 0.3) is 5.91 Å².